The second-order valence-electron chi connectivity index (χ2n) is 4.68. The fourth-order valence-electron chi connectivity index (χ4n) is 2.72. The topological polar surface area (TPSA) is 26.7 Å². The smallest absolute Gasteiger partial charge is 0.128 e. The lowest BCUT2D eigenvalue weighted by molar-refractivity contribution is 0.473. The summed E-state index contributed by atoms with van der Waals surface area (Å²) in [6, 6.07) is 15.8. The third-order valence-electron chi connectivity index (χ3n) is 3.54. The number of hydrogen-bond acceptors (Lipinski definition) is 3. The molecule has 2 aromatic rings. The average Bonchev–Trinajstić information content (AvgIpc) is 2.63. The van der Waals surface area contributed by atoms with Crippen LogP contribution in [0.5, 0.6) is 5.75 Å². The van der Waals surface area contributed by atoms with E-state index >= 15 is 0 Å². The predicted octanol–water partition coefficient (Wildman–Crippen LogP) is 2.98. The molecule has 0 aromatic heterocycles. The van der Waals surface area contributed by atoms with Crippen molar-refractivity contribution in [1.29, 1.82) is 0 Å². The van der Waals surface area contributed by atoms with Gasteiger partial charge in [-0.15, -0.1) is 0 Å². The Kier molecular flexibility index (Phi) is 2.40. The molecule has 3 heteroatoms. The molecular formula is C15H16N2O. The summed E-state index contributed by atoms with van der Waals surface area (Å²) in [5.41, 5.74) is 3.53. The number of anilines is 2. The summed E-state index contributed by atoms with van der Waals surface area (Å²) in [5, 5.41) is 9.63. The Labute approximate surface area is 107 Å². The summed E-state index contributed by atoms with van der Waals surface area (Å²) in [4.78, 5) is 4.45. The number of hydrogen-bond donors (Lipinski definition) is 1. The fourth-order valence-corrected chi connectivity index (χ4v) is 2.72. The molecule has 2 aromatic carbocycles. The quantitative estimate of drug-likeness (QED) is 0.830. The first-order chi connectivity index (χ1) is 8.68. The Balaban J connectivity index is 2.06. The summed E-state index contributed by atoms with van der Waals surface area (Å²) < 4.78 is 0. The van der Waals surface area contributed by atoms with Gasteiger partial charge in [0.2, 0.25) is 0 Å². The Bertz CT molecular complexity index is 553. The predicted molar refractivity (Wildman–Crippen MR) is 74.1 cm³/mol. The number of para-hydroxylation sites is 2. The molecule has 92 valence electrons. The second-order valence-corrected chi connectivity index (χ2v) is 4.68. The van der Waals surface area contributed by atoms with Crippen LogP contribution in [-0.4, -0.2) is 19.2 Å². The third kappa shape index (κ3) is 1.51. The zero-order valence-electron chi connectivity index (χ0n) is 10.5. The highest BCUT2D eigenvalue weighted by Gasteiger charge is 2.31. The average molecular weight is 240 g/mol. The van der Waals surface area contributed by atoms with E-state index in [1.54, 1.807) is 6.07 Å². The molecule has 0 fully saturated rings. The lowest BCUT2D eigenvalue weighted by Crippen LogP contribution is -2.30. The van der Waals surface area contributed by atoms with Gasteiger partial charge in [0.1, 0.15) is 11.9 Å². The van der Waals surface area contributed by atoms with E-state index in [1.807, 2.05) is 30.3 Å². The van der Waals surface area contributed by atoms with Crippen molar-refractivity contribution < 1.29 is 5.11 Å². The van der Waals surface area contributed by atoms with E-state index in [0.29, 0.717) is 5.75 Å². The third-order valence-corrected chi connectivity index (χ3v) is 3.54. The van der Waals surface area contributed by atoms with Crippen molar-refractivity contribution in [2.45, 2.75) is 6.17 Å². The number of phenols is 1. The molecule has 0 spiro atoms. The molecule has 1 aliphatic rings. The molecule has 1 N–H and O–H groups in total. The van der Waals surface area contributed by atoms with E-state index in [0.717, 1.165) is 5.56 Å². The minimum Gasteiger partial charge on any atom is -0.508 e. The summed E-state index contributed by atoms with van der Waals surface area (Å²) >= 11 is 0. The highest BCUT2D eigenvalue weighted by Crippen LogP contribution is 2.44. The van der Waals surface area contributed by atoms with Crippen LogP contribution in [0.25, 0.3) is 0 Å². The summed E-state index contributed by atoms with van der Waals surface area (Å²) in [7, 11) is 4.16. The number of phenolic OH excluding ortho intramolecular Hbond substituents is 1. The molecule has 0 atom stereocenters. The fraction of sp³-hybridized carbons (Fsp3) is 0.200. The zero-order valence-corrected chi connectivity index (χ0v) is 10.5. The Hall–Kier alpha value is -2.16. The van der Waals surface area contributed by atoms with Crippen LogP contribution in [-0.2, 0) is 0 Å². The molecule has 3 nitrogen and oxygen atoms in total. The van der Waals surface area contributed by atoms with E-state index in [9.17, 15) is 5.11 Å². The van der Waals surface area contributed by atoms with Gasteiger partial charge in [-0.05, 0) is 29.8 Å². The summed E-state index contributed by atoms with van der Waals surface area (Å²) in [5.74, 6) is 0.310. The SMILES string of the molecule is CN1c2ccccc2N(C)C1c1cccc(O)c1. The lowest BCUT2D eigenvalue weighted by atomic mass is 10.1. The van der Waals surface area contributed by atoms with Crippen LogP contribution in [0.4, 0.5) is 11.4 Å². The van der Waals surface area contributed by atoms with Gasteiger partial charge in [-0.3, -0.25) is 0 Å². The van der Waals surface area contributed by atoms with Gasteiger partial charge in [-0.25, -0.2) is 0 Å². The minimum atomic E-state index is 0.134. The van der Waals surface area contributed by atoms with Crippen LogP contribution in [0.15, 0.2) is 48.5 Å². The van der Waals surface area contributed by atoms with Gasteiger partial charge in [0.15, 0.2) is 0 Å². The zero-order chi connectivity index (χ0) is 12.7. The standard InChI is InChI=1S/C15H16N2O/c1-16-13-8-3-4-9-14(13)17(2)15(16)11-6-5-7-12(18)10-11/h3-10,15,18H,1-2H3. The molecule has 0 saturated heterocycles. The first-order valence-corrected chi connectivity index (χ1v) is 6.02. The molecule has 0 aliphatic carbocycles. The van der Waals surface area contributed by atoms with E-state index < -0.39 is 0 Å². The van der Waals surface area contributed by atoms with E-state index in [-0.39, 0.29) is 6.17 Å². The van der Waals surface area contributed by atoms with Gasteiger partial charge in [0, 0.05) is 14.1 Å². The summed E-state index contributed by atoms with van der Waals surface area (Å²) in [6.07, 6.45) is 0.134. The molecular weight excluding hydrogens is 224 g/mol. The molecule has 0 saturated carbocycles. The van der Waals surface area contributed by atoms with Crippen LogP contribution >= 0.6 is 0 Å². The molecule has 1 heterocycles. The molecule has 1 aliphatic heterocycles. The molecule has 0 amide bonds. The summed E-state index contributed by atoms with van der Waals surface area (Å²) in [6.45, 7) is 0. The maximum atomic E-state index is 9.63. The van der Waals surface area contributed by atoms with Crippen LogP contribution in [0, 0.1) is 0 Å². The van der Waals surface area contributed by atoms with Crippen LogP contribution in [0.2, 0.25) is 0 Å². The highest BCUT2D eigenvalue weighted by atomic mass is 16.3. The van der Waals surface area contributed by atoms with Gasteiger partial charge >= 0.3 is 0 Å². The number of rotatable bonds is 1. The van der Waals surface area contributed by atoms with Crippen molar-refractivity contribution in [3.63, 3.8) is 0 Å². The van der Waals surface area contributed by atoms with Crippen LogP contribution in [0.1, 0.15) is 11.7 Å². The van der Waals surface area contributed by atoms with Crippen LogP contribution < -0.4 is 9.80 Å². The van der Waals surface area contributed by atoms with Gasteiger partial charge in [-0.1, -0.05) is 24.3 Å². The maximum Gasteiger partial charge on any atom is 0.128 e. The van der Waals surface area contributed by atoms with Gasteiger partial charge < -0.3 is 14.9 Å². The molecule has 0 radical (unpaired) electrons. The van der Waals surface area contributed by atoms with Crippen molar-refractivity contribution in [2.24, 2.45) is 0 Å². The number of fused-ring (bicyclic) bond motifs is 1. The van der Waals surface area contributed by atoms with Crippen molar-refractivity contribution >= 4 is 11.4 Å². The minimum absolute atomic E-state index is 0.134. The first-order valence-electron chi connectivity index (χ1n) is 6.02. The first kappa shape index (κ1) is 11.0. The Morgan fingerprint density at radius 2 is 1.50 bits per heavy atom. The van der Waals surface area contributed by atoms with E-state index in [1.165, 1.54) is 11.4 Å². The second kappa shape index (κ2) is 3.95. The highest BCUT2D eigenvalue weighted by molar-refractivity contribution is 5.77. The maximum absolute atomic E-state index is 9.63. The van der Waals surface area contributed by atoms with Gasteiger partial charge in [0.05, 0.1) is 11.4 Å². The number of nitrogens with zero attached hydrogens (tertiary/aromatic N) is 2. The van der Waals surface area contributed by atoms with Gasteiger partial charge in [-0.2, -0.15) is 0 Å². The molecule has 0 unspecified atom stereocenters. The normalized spacial score (nSPS) is 15.0. The van der Waals surface area contributed by atoms with Crippen LogP contribution in [0.3, 0.4) is 0 Å². The Morgan fingerprint density at radius 3 is 2.06 bits per heavy atom. The molecule has 3 rings (SSSR count). The van der Waals surface area contributed by atoms with Crippen molar-refractivity contribution in [3.05, 3.63) is 54.1 Å². The Morgan fingerprint density at radius 1 is 0.889 bits per heavy atom. The van der Waals surface area contributed by atoms with Crippen molar-refractivity contribution in [2.75, 3.05) is 23.9 Å². The molecule has 0 bridgehead atoms. The van der Waals surface area contributed by atoms with E-state index in [2.05, 4.69) is 36.0 Å². The van der Waals surface area contributed by atoms with E-state index in [4.69, 9.17) is 0 Å². The van der Waals surface area contributed by atoms with Crippen molar-refractivity contribution in [1.82, 2.24) is 0 Å². The number of aromatic hydroxyl groups is 1. The van der Waals surface area contributed by atoms with Gasteiger partial charge in [0.25, 0.3) is 0 Å². The largest absolute Gasteiger partial charge is 0.508 e. The monoisotopic (exact) mass is 240 g/mol. The lowest BCUT2D eigenvalue weighted by Gasteiger charge is -2.28. The van der Waals surface area contributed by atoms with Crippen molar-refractivity contribution in [3.8, 4) is 5.75 Å². The number of benzene rings is 2. The molecule has 18 heavy (non-hydrogen) atoms.